The van der Waals surface area contributed by atoms with Crippen molar-refractivity contribution in [2.75, 3.05) is 11.9 Å². The first-order valence-corrected chi connectivity index (χ1v) is 7.02. The van der Waals surface area contributed by atoms with Crippen LogP contribution in [0.25, 0.3) is 0 Å². The van der Waals surface area contributed by atoms with Gasteiger partial charge in [0.15, 0.2) is 0 Å². The molecule has 0 bridgehead atoms. The van der Waals surface area contributed by atoms with Crippen LogP contribution in [0.3, 0.4) is 0 Å². The summed E-state index contributed by atoms with van der Waals surface area (Å²) >= 11 is 0. The van der Waals surface area contributed by atoms with Gasteiger partial charge in [0.05, 0.1) is 17.6 Å². The summed E-state index contributed by atoms with van der Waals surface area (Å²) < 4.78 is 0. The second-order valence-corrected chi connectivity index (χ2v) is 5.75. The van der Waals surface area contributed by atoms with Crippen LogP contribution in [0.5, 0.6) is 0 Å². The Morgan fingerprint density at radius 1 is 1.28 bits per heavy atom. The summed E-state index contributed by atoms with van der Waals surface area (Å²) in [7, 11) is 2.18. The van der Waals surface area contributed by atoms with E-state index < -0.39 is 0 Å². The van der Waals surface area contributed by atoms with E-state index in [2.05, 4.69) is 29.9 Å². The average Bonchev–Trinajstić information content (AvgIpc) is 2.39. The minimum absolute atomic E-state index is 0.0138. The molecule has 0 aromatic carbocycles. The van der Waals surface area contributed by atoms with Crippen LogP contribution in [-0.2, 0) is 0 Å². The molecule has 100 valence electrons. The van der Waals surface area contributed by atoms with E-state index in [-0.39, 0.29) is 6.04 Å². The van der Waals surface area contributed by atoms with Gasteiger partial charge in [-0.2, -0.15) is 0 Å². The molecule has 0 aliphatic heterocycles. The van der Waals surface area contributed by atoms with Gasteiger partial charge in [-0.1, -0.05) is 6.92 Å². The Bertz CT molecular complexity index is 364. The van der Waals surface area contributed by atoms with Crippen molar-refractivity contribution in [3.05, 3.63) is 24.0 Å². The Balaban J connectivity index is 2.02. The monoisotopic (exact) mass is 247 g/mol. The largest absolute Gasteiger partial charge is 0.370 e. The third-order valence-electron chi connectivity index (χ3n) is 4.18. The van der Waals surface area contributed by atoms with Gasteiger partial charge in [0.2, 0.25) is 0 Å². The third kappa shape index (κ3) is 3.02. The van der Waals surface area contributed by atoms with Crippen LogP contribution >= 0.6 is 0 Å². The highest BCUT2D eigenvalue weighted by Crippen LogP contribution is 2.29. The number of aromatic nitrogens is 1. The third-order valence-corrected chi connectivity index (χ3v) is 4.18. The first-order valence-electron chi connectivity index (χ1n) is 7.02. The van der Waals surface area contributed by atoms with Gasteiger partial charge in [0, 0.05) is 19.1 Å². The molecule has 2 rings (SSSR count). The van der Waals surface area contributed by atoms with Crippen LogP contribution in [0.1, 0.15) is 51.3 Å². The Morgan fingerprint density at radius 2 is 1.94 bits per heavy atom. The van der Waals surface area contributed by atoms with Crippen LogP contribution < -0.4 is 10.6 Å². The normalized spacial score (nSPS) is 25.8. The molecule has 1 aromatic heterocycles. The lowest BCUT2D eigenvalue weighted by Gasteiger charge is -2.35. The highest BCUT2D eigenvalue weighted by atomic mass is 15.1. The number of hydrogen-bond donors (Lipinski definition) is 1. The second kappa shape index (κ2) is 5.70. The summed E-state index contributed by atoms with van der Waals surface area (Å²) in [5.41, 5.74) is 7.99. The molecule has 1 aliphatic rings. The van der Waals surface area contributed by atoms with Crippen molar-refractivity contribution in [1.82, 2.24) is 4.98 Å². The maximum atomic E-state index is 5.82. The molecule has 1 aromatic rings. The summed E-state index contributed by atoms with van der Waals surface area (Å²) in [4.78, 5) is 6.82. The van der Waals surface area contributed by atoms with Crippen LogP contribution in [0, 0.1) is 5.92 Å². The number of nitrogens with two attached hydrogens (primary N) is 1. The highest BCUT2D eigenvalue weighted by Gasteiger charge is 2.22. The van der Waals surface area contributed by atoms with Gasteiger partial charge in [-0.25, -0.2) is 0 Å². The van der Waals surface area contributed by atoms with E-state index in [1.807, 2.05) is 19.2 Å². The smallest absolute Gasteiger partial charge is 0.0569 e. The van der Waals surface area contributed by atoms with Crippen molar-refractivity contribution in [2.45, 2.75) is 51.6 Å². The van der Waals surface area contributed by atoms with E-state index in [4.69, 9.17) is 5.73 Å². The number of nitrogens with zero attached hydrogens (tertiary/aromatic N) is 2. The summed E-state index contributed by atoms with van der Waals surface area (Å²) in [6.45, 7) is 4.32. The standard InChI is InChI=1S/C15H25N3/c1-11-4-6-13(7-5-11)18(3)14-8-9-15(12(2)16)17-10-14/h8-13H,4-7,16H2,1-3H3. The maximum Gasteiger partial charge on any atom is 0.0569 e. The minimum atomic E-state index is 0.0138. The average molecular weight is 247 g/mol. The first-order chi connectivity index (χ1) is 8.58. The van der Waals surface area contributed by atoms with Gasteiger partial charge in [-0.05, 0) is 50.7 Å². The topological polar surface area (TPSA) is 42.1 Å². The van der Waals surface area contributed by atoms with E-state index in [0.717, 1.165) is 11.6 Å². The molecule has 0 amide bonds. The van der Waals surface area contributed by atoms with Crippen LogP contribution in [0.15, 0.2) is 18.3 Å². The van der Waals surface area contributed by atoms with E-state index >= 15 is 0 Å². The summed E-state index contributed by atoms with van der Waals surface area (Å²) in [5, 5.41) is 0. The quantitative estimate of drug-likeness (QED) is 0.892. The van der Waals surface area contributed by atoms with Gasteiger partial charge in [-0.15, -0.1) is 0 Å². The lowest BCUT2D eigenvalue weighted by atomic mass is 9.86. The van der Waals surface area contributed by atoms with Crippen molar-refractivity contribution in [3.63, 3.8) is 0 Å². The van der Waals surface area contributed by atoms with Crippen molar-refractivity contribution >= 4 is 5.69 Å². The number of hydrogen-bond acceptors (Lipinski definition) is 3. The molecule has 1 unspecified atom stereocenters. The van der Waals surface area contributed by atoms with Crippen LogP contribution in [0.4, 0.5) is 5.69 Å². The Morgan fingerprint density at radius 3 is 2.44 bits per heavy atom. The second-order valence-electron chi connectivity index (χ2n) is 5.75. The van der Waals surface area contributed by atoms with Gasteiger partial charge >= 0.3 is 0 Å². The molecule has 0 radical (unpaired) electrons. The van der Waals surface area contributed by atoms with E-state index in [1.165, 1.54) is 31.4 Å². The first kappa shape index (κ1) is 13.3. The van der Waals surface area contributed by atoms with E-state index in [9.17, 15) is 0 Å². The molecule has 3 nitrogen and oxygen atoms in total. The summed E-state index contributed by atoms with van der Waals surface area (Å²) in [6.07, 6.45) is 7.25. The fourth-order valence-electron chi connectivity index (χ4n) is 2.72. The zero-order valence-corrected chi connectivity index (χ0v) is 11.8. The number of pyridine rings is 1. The minimum Gasteiger partial charge on any atom is -0.370 e. The molecule has 0 spiro atoms. The molecule has 1 saturated carbocycles. The molecule has 2 N–H and O–H groups in total. The Labute approximate surface area is 110 Å². The van der Waals surface area contributed by atoms with Gasteiger partial charge in [0.1, 0.15) is 0 Å². The summed E-state index contributed by atoms with van der Waals surface area (Å²) in [5.74, 6) is 0.897. The fraction of sp³-hybridized carbons (Fsp3) is 0.667. The van der Waals surface area contributed by atoms with E-state index in [1.54, 1.807) is 0 Å². The Kier molecular flexibility index (Phi) is 4.23. The van der Waals surface area contributed by atoms with Crippen molar-refractivity contribution < 1.29 is 0 Å². The van der Waals surface area contributed by atoms with Gasteiger partial charge < -0.3 is 10.6 Å². The van der Waals surface area contributed by atoms with Crippen LogP contribution in [0.2, 0.25) is 0 Å². The lowest BCUT2D eigenvalue weighted by Crippen LogP contribution is -2.34. The molecular formula is C15H25N3. The van der Waals surface area contributed by atoms with Gasteiger partial charge in [0.25, 0.3) is 0 Å². The highest BCUT2D eigenvalue weighted by molar-refractivity contribution is 5.45. The zero-order valence-electron chi connectivity index (χ0n) is 11.8. The molecule has 1 heterocycles. The van der Waals surface area contributed by atoms with Crippen LogP contribution in [-0.4, -0.2) is 18.1 Å². The van der Waals surface area contributed by atoms with Crippen molar-refractivity contribution in [1.29, 1.82) is 0 Å². The fourth-order valence-corrected chi connectivity index (χ4v) is 2.72. The van der Waals surface area contributed by atoms with E-state index in [0.29, 0.717) is 6.04 Å². The lowest BCUT2D eigenvalue weighted by molar-refractivity contribution is 0.340. The molecule has 3 heteroatoms. The predicted octanol–water partition coefficient (Wildman–Crippen LogP) is 3.12. The predicted molar refractivity (Wildman–Crippen MR) is 76.7 cm³/mol. The SMILES string of the molecule is CC1CCC(N(C)c2ccc(C(C)N)nc2)CC1. The molecule has 1 fully saturated rings. The molecule has 0 saturated heterocycles. The number of rotatable bonds is 3. The molecular weight excluding hydrogens is 222 g/mol. The molecule has 1 atom stereocenters. The maximum absolute atomic E-state index is 5.82. The van der Waals surface area contributed by atoms with Crippen molar-refractivity contribution in [2.24, 2.45) is 11.7 Å². The Hall–Kier alpha value is -1.09. The number of anilines is 1. The summed E-state index contributed by atoms with van der Waals surface area (Å²) in [6, 6.07) is 4.87. The molecule has 1 aliphatic carbocycles. The molecule has 18 heavy (non-hydrogen) atoms. The van der Waals surface area contributed by atoms with Crippen molar-refractivity contribution in [3.8, 4) is 0 Å². The van der Waals surface area contributed by atoms with Gasteiger partial charge in [-0.3, -0.25) is 4.98 Å². The zero-order chi connectivity index (χ0) is 13.1.